The minimum Gasteiger partial charge on any atom is -0.550 e. The van der Waals surface area contributed by atoms with Crippen LogP contribution in [0, 0.1) is 0 Å². The molecule has 0 aliphatic carbocycles. The Balaban J connectivity index is -0.000000727. The molecule has 0 amide bonds. The van der Waals surface area contributed by atoms with Gasteiger partial charge >= 0.3 is 23.1 Å². The van der Waals surface area contributed by atoms with Crippen molar-refractivity contribution in [3.8, 4) is 0 Å². The van der Waals surface area contributed by atoms with Gasteiger partial charge in [-0.05, 0) is 51.4 Å². The van der Waals surface area contributed by atoms with Crippen molar-refractivity contribution in [1.29, 1.82) is 0 Å². The van der Waals surface area contributed by atoms with Crippen molar-refractivity contribution in [3.63, 3.8) is 0 Å². The van der Waals surface area contributed by atoms with Crippen LogP contribution < -0.4 is 10.2 Å². The first-order chi connectivity index (χ1) is 20.3. The van der Waals surface area contributed by atoms with Gasteiger partial charge in [0.15, 0.2) is 0 Å². The van der Waals surface area contributed by atoms with Gasteiger partial charge in [0, 0.05) is 11.9 Å². The van der Waals surface area contributed by atoms with Crippen molar-refractivity contribution < 1.29 is 30.0 Å². The fourth-order valence-electron chi connectivity index (χ4n) is 5.34. The Kier molecular flexibility index (Phi) is 43.4. The molecule has 0 aromatic rings. The first kappa shape index (κ1) is 47.0. The molecule has 0 saturated carbocycles. The van der Waals surface area contributed by atoms with Gasteiger partial charge in [0.05, 0.1) is 12.2 Å². The van der Waals surface area contributed by atoms with E-state index in [1.54, 1.807) is 0 Å². The van der Waals surface area contributed by atoms with E-state index in [2.05, 4.69) is 13.8 Å². The first-order valence-corrected chi connectivity index (χ1v) is 18.1. The van der Waals surface area contributed by atoms with Crippen LogP contribution in [0.3, 0.4) is 0 Å². The Morgan fingerprint density at radius 1 is 0.419 bits per heavy atom. The molecule has 43 heavy (non-hydrogen) atoms. The summed E-state index contributed by atoms with van der Waals surface area (Å²) in [4.78, 5) is 20.5. The minimum atomic E-state index is -1.02. The molecular formula is C36H70MgO6. The summed E-state index contributed by atoms with van der Waals surface area (Å²) in [7, 11) is 0. The smallest absolute Gasteiger partial charge is 0.550 e. The zero-order valence-electron chi connectivity index (χ0n) is 28.6. The summed E-state index contributed by atoms with van der Waals surface area (Å²) < 4.78 is 0. The van der Waals surface area contributed by atoms with Crippen LogP contribution in [-0.4, -0.2) is 57.4 Å². The normalized spacial score (nSPS) is 12.2. The Bertz CT molecular complexity index is 512. The van der Waals surface area contributed by atoms with Gasteiger partial charge in [0.2, 0.25) is 0 Å². The van der Waals surface area contributed by atoms with Crippen molar-refractivity contribution in [3.05, 3.63) is 0 Å². The Labute approximate surface area is 282 Å². The standard InChI is InChI=1S/2C18H36O3.Mg/c2*1-2-3-4-5-6-7-8-9-10-11-12-14-17(19)15-13-16-18(20)21;/h2*17,19H,2-16H2,1H3,(H,20,21);/q;;+2/p-2. The van der Waals surface area contributed by atoms with Crippen LogP contribution in [0.5, 0.6) is 0 Å². The molecule has 7 heteroatoms. The third-order valence-electron chi connectivity index (χ3n) is 8.12. The van der Waals surface area contributed by atoms with Crippen LogP contribution in [0.4, 0.5) is 0 Å². The second-order valence-corrected chi connectivity index (χ2v) is 12.5. The number of carboxylic acid groups (broad SMARTS) is 2. The number of carboxylic acids is 2. The average molecular weight is 623 g/mol. The summed E-state index contributed by atoms with van der Waals surface area (Å²) in [5, 5.41) is 39.9. The SMILES string of the molecule is CCCCCCCCCCCCCC(O)CCCC(=O)[O-].CCCCCCCCCCCCCC(O)CCCC(=O)[O-].[Mg+2]. The maximum absolute atomic E-state index is 10.2. The van der Waals surface area contributed by atoms with Gasteiger partial charge in [-0.25, -0.2) is 0 Å². The Morgan fingerprint density at radius 3 is 0.860 bits per heavy atom. The number of hydrogen-bond donors (Lipinski definition) is 2. The van der Waals surface area contributed by atoms with E-state index in [4.69, 9.17) is 0 Å². The molecule has 252 valence electrons. The second kappa shape index (κ2) is 39.7. The van der Waals surface area contributed by atoms with E-state index < -0.39 is 11.9 Å². The molecule has 0 fully saturated rings. The number of hydrogen-bond acceptors (Lipinski definition) is 6. The van der Waals surface area contributed by atoms with Gasteiger partial charge in [0.1, 0.15) is 0 Å². The summed E-state index contributed by atoms with van der Waals surface area (Å²) in [6, 6.07) is 0. The van der Waals surface area contributed by atoms with E-state index in [1.807, 2.05) is 0 Å². The van der Waals surface area contributed by atoms with Crippen molar-refractivity contribution in [2.24, 2.45) is 0 Å². The minimum absolute atomic E-state index is 0. The average Bonchev–Trinajstić information content (AvgIpc) is 2.94. The van der Waals surface area contributed by atoms with Gasteiger partial charge in [-0.3, -0.25) is 0 Å². The number of rotatable bonds is 32. The molecule has 0 radical (unpaired) electrons. The van der Waals surface area contributed by atoms with E-state index in [0.29, 0.717) is 25.7 Å². The molecule has 2 unspecified atom stereocenters. The summed E-state index contributed by atoms with van der Waals surface area (Å²) in [5.41, 5.74) is 0. The number of unbranched alkanes of at least 4 members (excludes halogenated alkanes) is 20. The predicted molar refractivity (Wildman–Crippen MR) is 178 cm³/mol. The topological polar surface area (TPSA) is 121 Å². The molecule has 0 heterocycles. The van der Waals surface area contributed by atoms with Gasteiger partial charge in [-0.1, -0.05) is 155 Å². The molecule has 0 spiro atoms. The number of aliphatic carboxylic acids is 2. The molecule has 2 N–H and O–H groups in total. The molecule has 0 saturated heterocycles. The number of carbonyl (C=O) groups excluding carboxylic acids is 2. The predicted octanol–water partition coefficient (Wildman–Crippen LogP) is 7.56. The fraction of sp³-hybridized carbons (Fsp3) is 0.944. The van der Waals surface area contributed by atoms with E-state index in [-0.39, 0.29) is 48.1 Å². The van der Waals surface area contributed by atoms with Gasteiger partial charge < -0.3 is 30.0 Å². The second-order valence-electron chi connectivity index (χ2n) is 12.5. The van der Waals surface area contributed by atoms with Crippen LogP contribution in [-0.2, 0) is 9.59 Å². The Morgan fingerprint density at radius 2 is 0.628 bits per heavy atom. The summed E-state index contributed by atoms with van der Waals surface area (Å²) in [6.07, 6.45) is 32.2. The summed E-state index contributed by atoms with van der Waals surface area (Å²) in [5.74, 6) is -2.03. The largest absolute Gasteiger partial charge is 2.00 e. The zero-order valence-corrected chi connectivity index (χ0v) is 30.0. The molecule has 2 atom stereocenters. The van der Waals surface area contributed by atoms with Crippen molar-refractivity contribution in [2.75, 3.05) is 0 Å². The monoisotopic (exact) mass is 623 g/mol. The molecule has 0 aliphatic rings. The summed E-state index contributed by atoms with van der Waals surface area (Å²) in [6.45, 7) is 4.50. The molecule has 0 aromatic heterocycles. The van der Waals surface area contributed by atoms with Gasteiger partial charge in [0.25, 0.3) is 0 Å². The Hall–Kier alpha value is -0.374. The van der Waals surface area contributed by atoms with Crippen LogP contribution >= 0.6 is 0 Å². The molecular weight excluding hydrogens is 553 g/mol. The number of aliphatic hydroxyl groups excluding tert-OH is 2. The van der Waals surface area contributed by atoms with E-state index >= 15 is 0 Å². The maximum atomic E-state index is 10.2. The molecule has 0 rings (SSSR count). The maximum Gasteiger partial charge on any atom is 2.00 e. The van der Waals surface area contributed by atoms with E-state index in [9.17, 15) is 30.0 Å². The third kappa shape index (κ3) is 46.2. The molecule has 0 aromatic carbocycles. The van der Waals surface area contributed by atoms with Crippen molar-refractivity contribution in [1.82, 2.24) is 0 Å². The van der Waals surface area contributed by atoms with E-state index in [1.165, 1.54) is 128 Å². The number of carbonyl (C=O) groups is 2. The quantitative estimate of drug-likeness (QED) is 0.0590. The fourth-order valence-corrected chi connectivity index (χ4v) is 5.34. The molecule has 0 aliphatic heterocycles. The van der Waals surface area contributed by atoms with Crippen LogP contribution in [0.1, 0.15) is 206 Å². The van der Waals surface area contributed by atoms with Crippen molar-refractivity contribution in [2.45, 2.75) is 219 Å². The van der Waals surface area contributed by atoms with Gasteiger partial charge in [-0.2, -0.15) is 0 Å². The zero-order chi connectivity index (χ0) is 31.5. The van der Waals surface area contributed by atoms with Crippen molar-refractivity contribution >= 4 is 35.0 Å². The van der Waals surface area contributed by atoms with Crippen LogP contribution in [0.15, 0.2) is 0 Å². The molecule has 6 nitrogen and oxygen atoms in total. The molecule has 0 bridgehead atoms. The van der Waals surface area contributed by atoms with Crippen LogP contribution in [0.2, 0.25) is 0 Å². The van der Waals surface area contributed by atoms with E-state index in [0.717, 1.165) is 25.7 Å². The number of aliphatic hydroxyl groups is 2. The summed E-state index contributed by atoms with van der Waals surface area (Å²) >= 11 is 0. The third-order valence-corrected chi connectivity index (χ3v) is 8.12. The van der Waals surface area contributed by atoms with Gasteiger partial charge in [-0.15, -0.1) is 0 Å². The first-order valence-electron chi connectivity index (χ1n) is 18.1. The van der Waals surface area contributed by atoms with Crippen LogP contribution in [0.25, 0.3) is 0 Å².